The van der Waals surface area contributed by atoms with Gasteiger partial charge in [0.05, 0.1) is 0 Å². The molecule has 19 heavy (non-hydrogen) atoms. The first-order valence-corrected chi connectivity index (χ1v) is 8.63. The minimum Gasteiger partial charge on any atom is -0.306 e. The number of benzene rings is 1. The van der Waals surface area contributed by atoms with E-state index in [4.69, 9.17) is 0 Å². The van der Waals surface area contributed by atoms with Crippen LogP contribution in [0.1, 0.15) is 37.8 Å². The minimum atomic E-state index is 0.458. The average molecular weight is 276 g/mol. The van der Waals surface area contributed by atoms with E-state index in [0.29, 0.717) is 12.1 Å². The van der Waals surface area contributed by atoms with E-state index < -0.39 is 0 Å². The number of thioether (sulfide) groups is 1. The molecule has 2 fully saturated rings. The summed E-state index contributed by atoms with van der Waals surface area (Å²) in [5.41, 5.74) is 1.41. The number of rotatable bonds is 5. The van der Waals surface area contributed by atoms with Gasteiger partial charge in [-0.3, -0.25) is 4.90 Å². The monoisotopic (exact) mass is 276 g/mol. The van der Waals surface area contributed by atoms with Crippen molar-refractivity contribution in [1.29, 1.82) is 0 Å². The van der Waals surface area contributed by atoms with E-state index in [2.05, 4.69) is 47.7 Å². The fraction of sp³-hybridized carbons (Fsp3) is 0.625. The van der Waals surface area contributed by atoms with Crippen molar-refractivity contribution in [3.8, 4) is 0 Å². The molecule has 104 valence electrons. The van der Waals surface area contributed by atoms with Gasteiger partial charge >= 0.3 is 0 Å². The van der Waals surface area contributed by atoms with E-state index in [1.54, 1.807) is 11.8 Å². The zero-order valence-corrected chi connectivity index (χ0v) is 12.7. The van der Waals surface area contributed by atoms with E-state index in [1.165, 1.54) is 42.8 Å². The largest absolute Gasteiger partial charge is 0.306 e. The molecular formula is C16H24N2S. The molecule has 1 saturated carbocycles. The summed E-state index contributed by atoms with van der Waals surface area (Å²) >= 11 is 1.81. The molecule has 1 aromatic carbocycles. The summed E-state index contributed by atoms with van der Waals surface area (Å²) in [5.74, 6) is 0. The molecule has 3 heteroatoms. The summed E-state index contributed by atoms with van der Waals surface area (Å²) < 4.78 is 0. The van der Waals surface area contributed by atoms with Crippen molar-refractivity contribution < 1.29 is 0 Å². The van der Waals surface area contributed by atoms with Crippen molar-refractivity contribution in [2.45, 2.75) is 49.2 Å². The number of nitrogens with one attached hydrogen (secondary N) is 1. The number of hydrogen-bond acceptors (Lipinski definition) is 3. The Morgan fingerprint density at radius 3 is 2.58 bits per heavy atom. The fourth-order valence-corrected chi connectivity index (χ4v) is 3.45. The maximum absolute atomic E-state index is 3.80. The lowest BCUT2D eigenvalue weighted by atomic mass is 10.1. The average Bonchev–Trinajstić information content (AvgIpc) is 3.20. The highest BCUT2D eigenvalue weighted by atomic mass is 32.2. The molecule has 2 atom stereocenters. The molecular weight excluding hydrogens is 252 g/mol. The van der Waals surface area contributed by atoms with Crippen LogP contribution in [0.15, 0.2) is 29.2 Å². The molecule has 3 rings (SSSR count). The van der Waals surface area contributed by atoms with Crippen molar-refractivity contribution in [2.24, 2.45) is 0 Å². The van der Waals surface area contributed by atoms with Crippen molar-refractivity contribution in [2.75, 3.05) is 19.3 Å². The van der Waals surface area contributed by atoms with Crippen LogP contribution in [0.4, 0.5) is 0 Å². The van der Waals surface area contributed by atoms with Gasteiger partial charge in [-0.05, 0) is 50.1 Å². The van der Waals surface area contributed by atoms with Crippen LogP contribution in [0, 0.1) is 0 Å². The summed E-state index contributed by atoms with van der Waals surface area (Å²) in [6.45, 7) is 4.83. The molecule has 1 N–H and O–H groups in total. The second-order valence-electron chi connectivity index (χ2n) is 5.87. The van der Waals surface area contributed by atoms with Crippen LogP contribution >= 0.6 is 11.8 Å². The Balaban J connectivity index is 1.53. The molecule has 0 amide bonds. The summed E-state index contributed by atoms with van der Waals surface area (Å²) in [4.78, 5) is 4.01. The van der Waals surface area contributed by atoms with Gasteiger partial charge in [-0.2, -0.15) is 0 Å². The predicted molar refractivity (Wildman–Crippen MR) is 82.8 cm³/mol. The third kappa shape index (κ3) is 3.33. The lowest BCUT2D eigenvalue weighted by Gasteiger charge is -2.21. The smallest absolute Gasteiger partial charge is 0.0294 e. The van der Waals surface area contributed by atoms with Crippen molar-refractivity contribution >= 4 is 11.8 Å². The van der Waals surface area contributed by atoms with Gasteiger partial charge in [-0.15, -0.1) is 11.8 Å². The maximum atomic E-state index is 3.80. The summed E-state index contributed by atoms with van der Waals surface area (Å²) in [5, 5.41) is 3.80. The minimum absolute atomic E-state index is 0.458. The second kappa shape index (κ2) is 5.86. The van der Waals surface area contributed by atoms with Gasteiger partial charge in [-0.1, -0.05) is 12.1 Å². The molecule has 1 aliphatic heterocycles. The Hall–Kier alpha value is -0.510. The summed E-state index contributed by atoms with van der Waals surface area (Å²) in [7, 11) is 0. The Morgan fingerprint density at radius 1 is 1.21 bits per heavy atom. The van der Waals surface area contributed by atoms with Crippen LogP contribution < -0.4 is 5.32 Å². The van der Waals surface area contributed by atoms with E-state index in [1.807, 2.05) is 0 Å². The molecule has 0 radical (unpaired) electrons. The predicted octanol–water partition coefficient (Wildman–Crippen LogP) is 3.30. The van der Waals surface area contributed by atoms with Crippen LogP contribution in [0.5, 0.6) is 0 Å². The van der Waals surface area contributed by atoms with Gasteiger partial charge in [0.1, 0.15) is 0 Å². The van der Waals surface area contributed by atoms with Crippen molar-refractivity contribution in [3.63, 3.8) is 0 Å². The standard InChI is InChI=1S/C16H24N2S/c1-12(13-3-7-16(19-2)8-4-13)17-14-9-10-18(11-14)15-5-6-15/h3-4,7-8,12,14-15,17H,5-6,9-11H2,1-2H3. The van der Waals surface area contributed by atoms with E-state index in [0.717, 1.165) is 6.04 Å². The highest BCUT2D eigenvalue weighted by Gasteiger charge is 2.34. The summed E-state index contributed by atoms with van der Waals surface area (Å²) in [6.07, 6.45) is 6.29. The van der Waals surface area contributed by atoms with Gasteiger partial charge < -0.3 is 5.32 Å². The lowest BCUT2D eigenvalue weighted by Crippen LogP contribution is -2.34. The fourth-order valence-electron chi connectivity index (χ4n) is 3.04. The molecule has 1 saturated heterocycles. The molecule has 0 aromatic heterocycles. The first-order valence-electron chi connectivity index (χ1n) is 7.40. The topological polar surface area (TPSA) is 15.3 Å². The molecule has 1 aromatic rings. The van der Waals surface area contributed by atoms with E-state index in [-0.39, 0.29) is 0 Å². The Bertz CT molecular complexity index is 413. The molecule has 0 bridgehead atoms. The Labute approximate surface area is 121 Å². The molecule has 1 aliphatic carbocycles. The normalized spacial score (nSPS) is 25.7. The molecule has 2 aliphatic rings. The summed E-state index contributed by atoms with van der Waals surface area (Å²) in [6, 6.07) is 11.0. The molecule has 2 nitrogen and oxygen atoms in total. The van der Waals surface area contributed by atoms with Gasteiger partial charge in [-0.25, -0.2) is 0 Å². The van der Waals surface area contributed by atoms with Crippen LogP contribution in [-0.2, 0) is 0 Å². The van der Waals surface area contributed by atoms with Crippen LogP contribution in [0.3, 0.4) is 0 Å². The van der Waals surface area contributed by atoms with Gasteiger partial charge in [0.25, 0.3) is 0 Å². The van der Waals surface area contributed by atoms with E-state index in [9.17, 15) is 0 Å². The van der Waals surface area contributed by atoms with Gasteiger partial charge in [0.2, 0.25) is 0 Å². The van der Waals surface area contributed by atoms with Crippen LogP contribution in [0.25, 0.3) is 0 Å². The SMILES string of the molecule is CSc1ccc(C(C)NC2CCN(C3CC3)C2)cc1. The van der Waals surface area contributed by atoms with Crippen LogP contribution in [0.2, 0.25) is 0 Å². The number of nitrogens with zero attached hydrogens (tertiary/aromatic N) is 1. The van der Waals surface area contributed by atoms with E-state index >= 15 is 0 Å². The Morgan fingerprint density at radius 2 is 1.95 bits per heavy atom. The lowest BCUT2D eigenvalue weighted by molar-refractivity contribution is 0.313. The maximum Gasteiger partial charge on any atom is 0.0294 e. The Kier molecular flexibility index (Phi) is 4.15. The highest BCUT2D eigenvalue weighted by molar-refractivity contribution is 7.98. The zero-order valence-electron chi connectivity index (χ0n) is 11.9. The second-order valence-corrected chi connectivity index (χ2v) is 6.75. The van der Waals surface area contributed by atoms with Crippen LogP contribution in [-0.4, -0.2) is 36.3 Å². The van der Waals surface area contributed by atoms with Gasteiger partial charge in [0.15, 0.2) is 0 Å². The molecule has 2 unspecified atom stereocenters. The first kappa shape index (κ1) is 13.5. The van der Waals surface area contributed by atoms with Gasteiger partial charge in [0, 0.05) is 36.1 Å². The number of hydrogen-bond donors (Lipinski definition) is 1. The highest BCUT2D eigenvalue weighted by Crippen LogP contribution is 2.30. The number of likely N-dealkylation sites (tertiary alicyclic amines) is 1. The quantitative estimate of drug-likeness (QED) is 0.831. The molecule has 1 heterocycles. The van der Waals surface area contributed by atoms with Crippen molar-refractivity contribution in [1.82, 2.24) is 10.2 Å². The third-order valence-corrected chi connectivity index (χ3v) is 5.13. The molecule has 0 spiro atoms. The first-order chi connectivity index (χ1) is 9.26. The third-order valence-electron chi connectivity index (χ3n) is 4.38. The van der Waals surface area contributed by atoms with Crippen molar-refractivity contribution in [3.05, 3.63) is 29.8 Å². The zero-order chi connectivity index (χ0) is 13.2.